The van der Waals surface area contributed by atoms with Gasteiger partial charge in [-0.3, -0.25) is 5.32 Å². The molecule has 2 N–H and O–H groups in total. The molecule has 29 heavy (non-hydrogen) atoms. The molecule has 0 bridgehead atoms. The summed E-state index contributed by atoms with van der Waals surface area (Å²) in [7, 11) is 0. The standard InChI is InChI=1S/C27H27NO/c29-21-26(22-13-5-1-6-14-22)28-27(23-15-7-2-8-16-23,24-17-9-3-10-18-24)25-19-11-4-12-20-25/h1-13,15-20,22,26,28-29H,14,21H2/t22?,26-/m1/s1. The van der Waals surface area contributed by atoms with Crippen LogP contribution in [0.2, 0.25) is 0 Å². The number of hydrogen-bond donors (Lipinski definition) is 2. The molecule has 1 aliphatic carbocycles. The zero-order valence-corrected chi connectivity index (χ0v) is 16.5. The van der Waals surface area contributed by atoms with Crippen LogP contribution in [0, 0.1) is 5.92 Å². The van der Waals surface area contributed by atoms with Crippen LogP contribution >= 0.6 is 0 Å². The predicted molar refractivity (Wildman–Crippen MR) is 120 cm³/mol. The van der Waals surface area contributed by atoms with Crippen LogP contribution in [-0.2, 0) is 5.54 Å². The molecule has 0 spiro atoms. The zero-order valence-electron chi connectivity index (χ0n) is 16.5. The molecule has 0 amide bonds. The fourth-order valence-electron chi connectivity index (χ4n) is 4.28. The summed E-state index contributed by atoms with van der Waals surface area (Å²) in [5, 5.41) is 14.3. The average molecular weight is 382 g/mol. The summed E-state index contributed by atoms with van der Waals surface area (Å²) in [4.78, 5) is 0. The van der Waals surface area contributed by atoms with Crippen molar-refractivity contribution in [3.8, 4) is 0 Å². The third kappa shape index (κ3) is 3.95. The maximum atomic E-state index is 10.4. The summed E-state index contributed by atoms with van der Waals surface area (Å²) in [6.45, 7) is 0.0666. The highest BCUT2D eigenvalue weighted by Gasteiger charge is 2.39. The number of aliphatic hydroxyl groups is 1. The molecule has 0 fully saturated rings. The van der Waals surface area contributed by atoms with E-state index >= 15 is 0 Å². The maximum absolute atomic E-state index is 10.4. The van der Waals surface area contributed by atoms with Crippen molar-refractivity contribution in [2.75, 3.05) is 6.61 Å². The Morgan fingerprint density at radius 2 is 1.24 bits per heavy atom. The first-order valence-electron chi connectivity index (χ1n) is 10.2. The number of hydrogen-bond acceptors (Lipinski definition) is 2. The lowest BCUT2D eigenvalue weighted by Gasteiger charge is -2.41. The fourth-order valence-corrected chi connectivity index (χ4v) is 4.28. The van der Waals surface area contributed by atoms with Gasteiger partial charge in [0.05, 0.1) is 12.1 Å². The van der Waals surface area contributed by atoms with Crippen LogP contribution in [-0.4, -0.2) is 17.8 Å². The van der Waals surface area contributed by atoms with Crippen LogP contribution in [0.25, 0.3) is 0 Å². The number of rotatable bonds is 7. The monoisotopic (exact) mass is 381 g/mol. The summed E-state index contributed by atoms with van der Waals surface area (Å²) < 4.78 is 0. The van der Waals surface area contributed by atoms with Crippen LogP contribution in [0.5, 0.6) is 0 Å². The van der Waals surface area contributed by atoms with Gasteiger partial charge >= 0.3 is 0 Å². The predicted octanol–water partition coefficient (Wildman–Crippen LogP) is 5.06. The van der Waals surface area contributed by atoms with Crippen LogP contribution in [0.1, 0.15) is 23.1 Å². The molecule has 3 aromatic rings. The molecule has 0 radical (unpaired) electrons. The van der Waals surface area contributed by atoms with Crippen molar-refractivity contribution >= 4 is 0 Å². The van der Waals surface area contributed by atoms with Crippen LogP contribution < -0.4 is 5.32 Å². The van der Waals surface area contributed by atoms with Gasteiger partial charge in [0, 0.05) is 6.04 Å². The highest BCUT2D eigenvalue weighted by Crippen LogP contribution is 2.38. The number of nitrogens with one attached hydrogen (secondary N) is 1. The van der Waals surface area contributed by atoms with Gasteiger partial charge in [-0.1, -0.05) is 115 Å². The molecule has 0 saturated carbocycles. The quantitative estimate of drug-likeness (QED) is 0.561. The molecular weight excluding hydrogens is 354 g/mol. The molecule has 3 aromatic carbocycles. The third-order valence-electron chi connectivity index (χ3n) is 5.75. The largest absolute Gasteiger partial charge is 0.395 e. The first-order chi connectivity index (χ1) is 14.3. The van der Waals surface area contributed by atoms with Crippen molar-refractivity contribution in [3.05, 3.63) is 132 Å². The topological polar surface area (TPSA) is 32.3 Å². The average Bonchev–Trinajstić information content (AvgIpc) is 2.82. The smallest absolute Gasteiger partial charge is 0.0951 e. The van der Waals surface area contributed by atoms with Gasteiger partial charge in [0.15, 0.2) is 0 Å². The molecule has 0 aromatic heterocycles. The SMILES string of the molecule is OC[C@@H](NC(c1ccccc1)(c1ccccc1)c1ccccc1)C1C=CC=CC1. The maximum Gasteiger partial charge on any atom is 0.0951 e. The molecule has 0 heterocycles. The van der Waals surface area contributed by atoms with E-state index in [-0.39, 0.29) is 18.6 Å². The van der Waals surface area contributed by atoms with Crippen molar-refractivity contribution in [1.29, 1.82) is 0 Å². The highest BCUT2D eigenvalue weighted by molar-refractivity contribution is 5.49. The Morgan fingerprint density at radius 3 is 1.62 bits per heavy atom. The Bertz CT molecular complexity index is 851. The van der Waals surface area contributed by atoms with E-state index in [4.69, 9.17) is 0 Å². The van der Waals surface area contributed by atoms with E-state index in [9.17, 15) is 5.11 Å². The molecule has 0 aliphatic heterocycles. The molecular formula is C27H27NO. The van der Waals surface area contributed by atoms with Gasteiger partial charge in [-0.15, -0.1) is 0 Å². The number of aliphatic hydroxyl groups excluding tert-OH is 1. The Hall–Kier alpha value is -2.94. The minimum atomic E-state index is -0.563. The number of benzene rings is 3. The first kappa shape index (κ1) is 19.4. The van der Waals surface area contributed by atoms with E-state index in [2.05, 4.69) is 102 Å². The van der Waals surface area contributed by atoms with E-state index in [0.717, 1.165) is 23.1 Å². The molecule has 1 unspecified atom stereocenters. The molecule has 146 valence electrons. The van der Waals surface area contributed by atoms with Gasteiger partial charge in [-0.25, -0.2) is 0 Å². The van der Waals surface area contributed by atoms with Crippen molar-refractivity contribution in [1.82, 2.24) is 5.32 Å². The molecule has 1 aliphatic rings. The van der Waals surface area contributed by atoms with Crippen LogP contribution in [0.3, 0.4) is 0 Å². The first-order valence-corrected chi connectivity index (χ1v) is 10.2. The van der Waals surface area contributed by atoms with E-state index in [1.165, 1.54) is 0 Å². The van der Waals surface area contributed by atoms with Crippen molar-refractivity contribution in [2.45, 2.75) is 18.0 Å². The summed E-state index contributed by atoms with van der Waals surface area (Å²) in [6.07, 6.45) is 9.44. The van der Waals surface area contributed by atoms with Gasteiger partial charge in [-0.2, -0.15) is 0 Å². The Labute approximate surface area is 173 Å². The minimum Gasteiger partial charge on any atom is -0.395 e. The molecule has 2 heteroatoms. The normalized spacial score (nSPS) is 17.2. The van der Waals surface area contributed by atoms with Gasteiger partial charge < -0.3 is 5.11 Å². The fraction of sp³-hybridized carbons (Fsp3) is 0.185. The van der Waals surface area contributed by atoms with Gasteiger partial charge in [0.2, 0.25) is 0 Å². The van der Waals surface area contributed by atoms with Gasteiger partial charge in [0.1, 0.15) is 0 Å². The zero-order chi connectivity index (χ0) is 19.9. The molecule has 2 nitrogen and oxygen atoms in total. The highest BCUT2D eigenvalue weighted by atomic mass is 16.3. The van der Waals surface area contributed by atoms with Crippen molar-refractivity contribution < 1.29 is 5.11 Å². The molecule has 4 rings (SSSR count). The summed E-state index contributed by atoms with van der Waals surface area (Å²) in [5.74, 6) is 0.237. The summed E-state index contributed by atoms with van der Waals surface area (Å²) in [5.41, 5.74) is 2.91. The summed E-state index contributed by atoms with van der Waals surface area (Å²) >= 11 is 0. The third-order valence-corrected chi connectivity index (χ3v) is 5.75. The summed E-state index contributed by atoms with van der Waals surface area (Å²) in [6, 6.07) is 31.5. The van der Waals surface area contributed by atoms with Gasteiger partial charge in [0.25, 0.3) is 0 Å². The van der Waals surface area contributed by atoms with Crippen LogP contribution in [0.15, 0.2) is 115 Å². The van der Waals surface area contributed by atoms with E-state index in [1.54, 1.807) is 0 Å². The van der Waals surface area contributed by atoms with Gasteiger partial charge in [-0.05, 0) is 29.0 Å². The van der Waals surface area contributed by atoms with Crippen LogP contribution in [0.4, 0.5) is 0 Å². The van der Waals surface area contributed by atoms with Crippen molar-refractivity contribution in [2.24, 2.45) is 5.92 Å². The Morgan fingerprint density at radius 1 is 0.759 bits per heavy atom. The molecule has 2 atom stereocenters. The van der Waals surface area contributed by atoms with Crippen molar-refractivity contribution in [3.63, 3.8) is 0 Å². The number of allylic oxidation sites excluding steroid dienone is 3. The lowest BCUT2D eigenvalue weighted by molar-refractivity contribution is 0.193. The van der Waals surface area contributed by atoms with E-state index < -0.39 is 5.54 Å². The van der Waals surface area contributed by atoms with E-state index in [0.29, 0.717) is 0 Å². The lowest BCUT2D eigenvalue weighted by atomic mass is 9.75. The minimum absolute atomic E-state index is 0.0666. The second-order valence-corrected chi connectivity index (χ2v) is 7.49. The molecule has 0 saturated heterocycles. The second-order valence-electron chi connectivity index (χ2n) is 7.49. The second kappa shape index (κ2) is 9.04. The Balaban J connectivity index is 1.90. The lowest BCUT2D eigenvalue weighted by Crippen LogP contribution is -2.53. The Kier molecular flexibility index (Phi) is 6.04. The van der Waals surface area contributed by atoms with E-state index in [1.807, 2.05) is 18.2 Å².